The molecule has 6 rings (SSSR count). The van der Waals surface area contributed by atoms with E-state index in [1.165, 1.54) is 11.1 Å². The molecular formula is C29H29ClN6O2. The Morgan fingerprint density at radius 1 is 1.00 bits per heavy atom. The van der Waals surface area contributed by atoms with Gasteiger partial charge in [-0.25, -0.2) is 9.97 Å². The lowest BCUT2D eigenvalue weighted by Crippen LogP contribution is -2.55. The Labute approximate surface area is 226 Å². The van der Waals surface area contributed by atoms with Gasteiger partial charge < -0.3 is 19.3 Å². The van der Waals surface area contributed by atoms with Crippen LogP contribution in [0.3, 0.4) is 0 Å². The van der Waals surface area contributed by atoms with Crippen LogP contribution < -0.4 is 4.90 Å². The Bertz CT molecular complexity index is 1500. The minimum atomic E-state index is 0.0208. The van der Waals surface area contributed by atoms with Crippen molar-refractivity contribution in [2.45, 2.75) is 32.5 Å². The first-order chi connectivity index (χ1) is 18.5. The highest BCUT2D eigenvalue weighted by atomic mass is 35.5. The molecule has 8 nitrogen and oxygen atoms in total. The van der Waals surface area contributed by atoms with E-state index in [4.69, 9.17) is 11.6 Å². The molecule has 2 aromatic heterocycles. The van der Waals surface area contributed by atoms with Gasteiger partial charge in [-0.3, -0.25) is 9.59 Å². The summed E-state index contributed by atoms with van der Waals surface area (Å²) in [5, 5.41) is 0.620. The number of imidazole rings is 1. The molecule has 0 spiro atoms. The van der Waals surface area contributed by atoms with E-state index in [1.54, 1.807) is 36.8 Å². The number of pyridine rings is 1. The van der Waals surface area contributed by atoms with E-state index < -0.39 is 0 Å². The van der Waals surface area contributed by atoms with E-state index in [-0.39, 0.29) is 24.4 Å². The van der Waals surface area contributed by atoms with E-state index in [2.05, 4.69) is 40.0 Å². The third-order valence-corrected chi connectivity index (χ3v) is 7.85. The quantitative estimate of drug-likeness (QED) is 0.400. The Morgan fingerprint density at radius 3 is 2.66 bits per heavy atom. The van der Waals surface area contributed by atoms with E-state index in [0.29, 0.717) is 30.2 Å². The Balaban J connectivity index is 1.16. The van der Waals surface area contributed by atoms with Gasteiger partial charge in [-0.1, -0.05) is 23.7 Å². The molecule has 0 aliphatic carbocycles. The fourth-order valence-electron chi connectivity index (χ4n) is 5.60. The molecule has 2 aromatic carbocycles. The highest BCUT2D eigenvalue weighted by Crippen LogP contribution is 2.31. The summed E-state index contributed by atoms with van der Waals surface area (Å²) in [6.45, 7) is 5.68. The molecule has 0 unspecified atom stereocenters. The maximum absolute atomic E-state index is 13.2. The SMILES string of the molecule is C[C@@H]1CN(c2cccc3c2CN(C(=O)c2ccc(Cl)cc2)CC3)CCN1C(=O)Cn1cnc2cccnc21. The predicted molar refractivity (Wildman–Crippen MR) is 147 cm³/mol. The molecule has 194 valence electrons. The van der Waals surface area contributed by atoms with Crippen LogP contribution >= 0.6 is 11.6 Å². The van der Waals surface area contributed by atoms with Gasteiger partial charge in [-0.05, 0) is 66.9 Å². The highest BCUT2D eigenvalue weighted by Gasteiger charge is 2.31. The molecule has 4 aromatic rings. The molecule has 2 aliphatic heterocycles. The van der Waals surface area contributed by atoms with Crippen molar-refractivity contribution in [3.05, 3.63) is 88.8 Å². The second-order valence-corrected chi connectivity index (χ2v) is 10.4. The molecule has 38 heavy (non-hydrogen) atoms. The van der Waals surface area contributed by atoms with Crippen LogP contribution in [0.25, 0.3) is 11.2 Å². The lowest BCUT2D eigenvalue weighted by Gasteiger charge is -2.42. The van der Waals surface area contributed by atoms with Crippen molar-refractivity contribution < 1.29 is 9.59 Å². The van der Waals surface area contributed by atoms with Gasteiger partial charge in [-0.15, -0.1) is 0 Å². The lowest BCUT2D eigenvalue weighted by molar-refractivity contribution is -0.134. The summed E-state index contributed by atoms with van der Waals surface area (Å²) in [4.78, 5) is 41.4. The van der Waals surface area contributed by atoms with Crippen LogP contribution in [0.2, 0.25) is 5.02 Å². The molecule has 0 saturated carbocycles. The van der Waals surface area contributed by atoms with Crippen molar-refractivity contribution in [2.24, 2.45) is 0 Å². The molecular weight excluding hydrogens is 500 g/mol. The number of hydrogen-bond donors (Lipinski definition) is 0. The molecule has 2 amide bonds. The molecule has 1 fully saturated rings. The summed E-state index contributed by atoms with van der Waals surface area (Å²) in [5.74, 6) is 0.0874. The summed E-state index contributed by atoms with van der Waals surface area (Å²) < 4.78 is 1.82. The first kappa shape index (κ1) is 24.4. The van der Waals surface area contributed by atoms with Crippen molar-refractivity contribution in [1.82, 2.24) is 24.3 Å². The molecule has 9 heteroatoms. The summed E-state index contributed by atoms with van der Waals surface area (Å²) >= 11 is 6.01. The summed E-state index contributed by atoms with van der Waals surface area (Å²) in [5.41, 5.74) is 5.80. The van der Waals surface area contributed by atoms with Crippen LogP contribution in [-0.2, 0) is 24.3 Å². The highest BCUT2D eigenvalue weighted by molar-refractivity contribution is 6.30. The molecule has 0 bridgehead atoms. The van der Waals surface area contributed by atoms with Crippen LogP contribution in [0.15, 0.2) is 67.1 Å². The number of carbonyl (C=O) groups is 2. The molecule has 1 atom stereocenters. The number of aromatic nitrogens is 3. The Hall–Kier alpha value is -3.91. The summed E-state index contributed by atoms with van der Waals surface area (Å²) in [6, 6.07) is 17.3. The fraction of sp³-hybridized carbons (Fsp3) is 0.310. The lowest BCUT2D eigenvalue weighted by atomic mass is 9.96. The molecule has 1 saturated heterocycles. The minimum absolute atomic E-state index is 0.0208. The number of nitrogens with zero attached hydrogens (tertiary/aromatic N) is 6. The smallest absolute Gasteiger partial charge is 0.254 e. The number of anilines is 1. The molecule has 0 N–H and O–H groups in total. The number of hydrogen-bond acceptors (Lipinski definition) is 5. The van der Waals surface area contributed by atoms with Crippen LogP contribution in [0.5, 0.6) is 0 Å². The Kier molecular flexibility index (Phi) is 6.49. The van der Waals surface area contributed by atoms with Gasteiger partial charge in [0.15, 0.2) is 5.65 Å². The van der Waals surface area contributed by atoms with Crippen LogP contribution in [0.4, 0.5) is 5.69 Å². The van der Waals surface area contributed by atoms with Crippen molar-refractivity contribution >= 4 is 40.3 Å². The largest absolute Gasteiger partial charge is 0.367 e. The van der Waals surface area contributed by atoms with E-state index >= 15 is 0 Å². The van der Waals surface area contributed by atoms with Crippen molar-refractivity contribution in [1.29, 1.82) is 0 Å². The summed E-state index contributed by atoms with van der Waals surface area (Å²) in [6.07, 6.45) is 4.23. The zero-order valence-electron chi connectivity index (χ0n) is 21.3. The number of halogens is 1. The standard InChI is InChI=1S/C29H29ClN6O2/c1-20-16-33(14-15-36(20)27(37)18-35-19-32-25-5-3-12-31-28(25)35)26-6-2-4-21-11-13-34(17-24(21)26)29(38)22-7-9-23(30)10-8-22/h2-10,12,19-20H,11,13-18H2,1H3/t20-/m1/s1. The second kappa shape index (κ2) is 10.1. The van der Waals surface area contributed by atoms with E-state index in [1.807, 2.05) is 26.5 Å². The normalized spacial score (nSPS) is 17.5. The first-order valence-electron chi connectivity index (χ1n) is 12.9. The average Bonchev–Trinajstić information content (AvgIpc) is 3.35. The fourth-order valence-corrected chi connectivity index (χ4v) is 5.73. The summed E-state index contributed by atoms with van der Waals surface area (Å²) in [7, 11) is 0. The third-order valence-electron chi connectivity index (χ3n) is 7.60. The number of amides is 2. The van der Waals surface area contributed by atoms with Gasteiger partial charge in [0.2, 0.25) is 5.91 Å². The molecule has 2 aliphatic rings. The number of rotatable bonds is 4. The molecule has 4 heterocycles. The van der Waals surface area contributed by atoms with Crippen molar-refractivity contribution in [3.8, 4) is 0 Å². The van der Waals surface area contributed by atoms with Gasteiger partial charge >= 0.3 is 0 Å². The van der Waals surface area contributed by atoms with Gasteiger partial charge in [0, 0.05) is 61.2 Å². The van der Waals surface area contributed by atoms with E-state index in [9.17, 15) is 9.59 Å². The Morgan fingerprint density at radius 2 is 1.84 bits per heavy atom. The van der Waals surface area contributed by atoms with E-state index in [0.717, 1.165) is 36.4 Å². The zero-order valence-corrected chi connectivity index (χ0v) is 22.0. The first-order valence-corrected chi connectivity index (χ1v) is 13.3. The zero-order chi connectivity index (χ0) is 26.2. The van der Waals surface area contributed by atoms with Gasteiger partial charge in [0.05, 0.1) is 6.33 Å². The monoisotopic (exact) mass is 528 g/mol. The number of fused-ring (bicyclic) bond motifs is 2. The number of piperazine rings is 1. The predicted octanol–water partition coefficient (Wildman–Crippen LogP) is 4.02. The maximum Gasteiger partial charge on any atom is 0.254 e. The molecule has 0 radical (unpaired) electrons. The van der Waals surface area contributed by atoms with Gasteiger partial charge in [0.1, 0.15) is 12.1 Å². The second-order valence-electron chi connectivity index (χ2n) is 10.00. The van der Waals surface area contributed by atoms with Crippen LogP contribution in [0, 0.1) is 0 Å². The third kappa shape index (κ3) is 4.60. The van der Waals surface area contributed by atoms with Crippen molar-refractivity contribution in [3.63, 3.8) is 0 Å². The van der Waals surface area contributed by atoms with Crippen LogP contribution in [-0.4, -0.2) is 68.4 Å². The van der Waals surface area contributed by atoms with Gasteiger partial charge in [0.25, 0.3) is 5.91 Å². The minimum Gasteiger partial charge on any atom is -0.367 e. The maximum atomic E-state index is 13.2. The number of carbonyl (C=O) groups excluding carboxylic acids is 2. The topological polar surface area (TPSA) is 74.6 Å². The van der Waals surface area contributed by atoms with Gasteiger partial charge in [-0.2, -0.15) is 0 Å². The van der Waals surface area contributed by atoms with Crippen molar-refractivity contribution in [2.75, 3.05) is 31.1 Å². The number of benzene rings is 2. The average molecular weight is 529 g/mol. The van der Waals surface area contributed by atoms with Crippen LogP contribution in [0.1, 0.15) is 28.4 Å².